The van der Waals surface area contributed by atoms with Crippen molar-refractivity contribution >= 4 is 5.91 Å². The van der Waals surface area contributed by atoms with Crippen LogP contribution in [0.3, 0.4) is 0 Å². The molecule has 0 aromatic heterocycles. The van der Waals surface area contributed by atoms with E-state index in [0.717, 1.165) is 12.8 Å². The number of alkyl halides is 2. The standard InChI is InChI=1S/C24H34F2N2O4/c1-13-17-11-15(23(3,4)27-13)12-18-20(31-10-9-24(17,18)28-14(2)29)16-7-6-8-19(30-5)21(16)32-22(25)26/h6-8,13,15,17-18,20,22,27H,9-12H2,1-5H3,(H,28,29)/t13-,15+,17+,18+,20+,24+/m1/s1. The predicted octanol–water partition coefficient (Wildman–Crippen LogP) is 4.05. The van der Waals surface area contributed by atoms with Crippen LogP contribution in [0, 0.1) is 17.8 Å². The molecule has 2 heterocycles. The largest absolute Gasteiger partial charge is 0.493 e. The van der Waals surface area contributed by atoms with Gasteiger partial charge in [-0.3, -0.25) is 4.79 Å². The molecule has 0 radical (unpaired) electrons. The van der Waals surface area contributed by atoms with Gasteiger partial charge < -0.3 is 24.8 Å². The highest BCUT2D eigenvalue weighted by molar-refractivity contribution is 5.74. The van der Waals surface area contributed by atoms with Crippen LogP contribution in [0.4, 0.5) is 8.78 Å². The van der Waals surface area contributed by atoms with Gasteiger partial charge in [0.05, 0.1) is 18.8 Å². The third-order valence-corrected chi connectivity index (χ3v) is 7.95. The number of carbonyl (C=O) groups excluding carboxylic acids is 1. The number of para-hydroxylation sites is 1. The first kappa shape index (κ1) is 23.2. The van der Waals surface area contributed by atoms with Crippen molar-refractivity contribution in [2.24, 2.45) is 17.8 Å². The fourth-order valence-electron chi connectivity index (χ4n) is 6.70. The zero-order valence-electron chi connectivity index (χ0n) is 19.4. The van der Waals surface area contributed by atoms with Crippen LogP contribution in [0.2, 0.25) is 0 Å². The van der Waals surface area contributed by atoms with Gasteiger partial charge in [-0.1, -0.05) is 12.1 Å². The molecule has 3 fully saturated rings. The van der Waals surface area contributed by atoms with Crippen LogP contribution in [-0.4, -0.2) is 43.4 Å². The molecule has 178 valence electrons. The molecule has 1 aromatic rings. The third kappa shape index (κ3) is 3.85. The second kappa shape index (κ2) is 8.45. The Morgan fingerprint density at radius 1 is 1.28 bits per heavy atom. The first-order valence-corrected chi connectivity index (χ1v) is 11.4. The SMILES string of the molecule is COc1cccc([C@@H]2OCC[C@]3(NC(C)=O)[C@H]4C[C@@H](C[C@@H]23)C(C)(C)N[C@@H]4C)c1OC(F)F. The number of amides is 1. The average Bonchev–Trinajstić information content (AvgIpc) is 2.70. The molecular formula is C24H34F2N2O4. The molecule has 8 heteroatoms. The fraction of sp³-hybridized carbons (Fsp3) is 0.708. The Bertz CT molecular complexity index is 864. The summed E-state index contributed by atoms with van der Waals surface area (Å²) in [5, 5.41) is 7.08. The van der Waals surface area contributed by atoms with Gasteiger partial charge >= 0.3 is 6.61 Å². The summed E-state index contributed by atoms with van der Waals surface area (Å²) in [4.78, 5) is 12.4. The second-order valence-corrected chi connectivity index (χ2v) is 10.1. The van der Waals surface area contributed by atoms with Crippen LogP contribution >= 0.6 is 0 Å². The average molecular weight is 453 g/mol. The van der Waals surface area contributed by atoms with Crippen LogP contribution in [0.5, 0.6) is 11.5 Å². The lowest BCUT2D eigenvalue weighted by Crippen LogP contribution is -2.73. The number of carbonyl (C=O) groups is 1. The van der Waals surface area contributed by atoms with Crippen LogP contribution in [0.15, 0.2) is 18.2 Å². The molecule has 6 nitrogen and oxygen atoms in total. The van der Waals surface area contributed by atoms with E-state index < -0.39 is 18.3 Å². The van der Waals surface area contributed by atoms with E-state index in [1.807, 2.05) is 0 Å². The van der Waals surface area contributed by atoms with Crippen LogP contribution in [0.25, 0.3) is 0 Å². The summed E-state index contributed by atoms with van der Waals surface area (Å²) in [7, 11) is 1.43. The van der Waals surface area contributed by atoms with Crippen molar-refractivity contribution in [2.75, 3.05) is 13.7 Å². The molecule has 1 aliphatic carbocycles. The van der Waals surface area contributed by atoms with Crippen molar-refractivity contribution in [3.63, 3.8) is 0 Å². The van der Waals surface area contributed by atoms with Crippen molar-refractivity contribution < 1.29 is 27.8 Å². The lowest BCUT2D eigenvalue weighted by Gasteiger charge is -2.63. The fourth-order valence-corrected chi connectivity index (χ4v) is 6.70. The number of nitrogens with one attached hydrogen (secondary N) is 2. The summed E-state index contributed by atoms with van der Waals surface area (Å²) < 4.78 is 43.2. The number of ether oxygens (including phenoxy) is 3. The number of fused-ring (bicyclic) bond motifs is 4. The number of hydrogen-bond donors (Lipinski definition) is 2. The first-order chi connectivity index (χ1) is 15.1. The number of rotatable bonds is 5. The quantitative estimate of drug-likeness (QED) is 0.706. The van der Waals surface area contributed by atoms with E-state index in [1.165, 1.54) is 7.11 Å². The van der Waals surface area contributed by atoms with Crippen molar-refractivity contribution in [1.82, 2.24) is 10.6 Å². The molecule has 0 spiro atoms. The highest BCUT2D eigenvalue weighted by Crippen LogP contribution is 2.58. The summed E-state index contributed by atoms with van der Waals surface area (Å²) in [6, 6.07) is 5.33. The molecular weight excluding hydrogens is 418 g/mol. The lowest BCUT2D eigenvalue weighted by molar-refractivity contribution is -0.161. The number of piperidine rings is 1. The Balaban J connectivity index is 1.83. The molecule has 2 aliphatic heterocycles. The Morgan fingerprint density at radius 2 is 2.00 bits per heavy atom. The maximum Gasteiger partial charge on any atom is 0.387 e. The Hall–Kier alpha value is -1.93. The van der Waals surface area contributed by atoms with Gasteiger partial charge in [-0.15, -0.1) is 0 Å². The third-order valence-electron chi connectivity index (χ3n) is 7.95. The Morgan fingerprint density at radius 3 is 2.66 bits per heavy atom. The first-order valence-electron chi connectivity index (χ1n) is 11.4. The molecule has 2 saturated heterocycles. The molecule has 0 unspecified atom stereocenters. The molecule has 4 rings (SSSR count). The summed E-state index contributed by atoms with van der Waals surface area (Å²) >= 11 is 0. The van der Waals surface area contributed by atoms with Gasteiger partial charge in [-0.25, -0.2) is 0 Å². The van der Waals surface area contributed by atoms with E-state index >= 15 is 0 Å². The van der Waals surface area contributed by atoms with Gasteiger partial charge in [0.2, 0.25) is 5.91 Å². The van der Waals surface area contributed by atoms with E-state index in [4.69, 9.17) is 14.2 Å². The monoisotopic (exact) mass is 452 g/mol. The van der Waals surface area contributed by atoms with Gasteiger partial charge in [-0.2, -0.15) is 8.78 Å². The van der Waals surface area contributed by atoms with Crippen molar-refractivity contribution in [1.29, 1.82) is 0 Å². The Kier molecular flexibility index (Phi) is 6.13. The van der Waals surface area contributed by atoms with Crippen LogP contribution < -0.4 is 20.1 Å². The molecule has 2 N–H and O–H groups in total. The van der Waals surface area contributed by atoms with E-state index in [9.17, 15) is 13.6 Å². The molecule has 1 amide bonds. The minimum atomic E-state index is -2.98. The number of methoxy groups -OCH3 is 1. The normalized spacial score (nSPS) is 35.7. The number of hydrogen-bond acceptors (Lipinski definition) is 5. The molecule has 32 heavy (non-hydrogen) atoms. The van der Waals surface area contributed by atoms with E-state index in [-0.39, 0.29) is 40.8 Å². The highest BCUT2D eigenvalue weighted by atomic mass is 19.3. The van der Waals surface area contributed by atoms with Gasteiger partial charge in [0.1, 0.15) is 0 Å². The number of benzene rings is 1. The Labute approximate surface area is 188 Å². The van der Waals surface area contributed by atoms with Crippen LogP contribution in [-0.2, 0) is 9.53 Å². The zero-order chi connectivity index (χ0) is 23.3. The molecule has 6 atom stereocenters. The van der Waals surface area contributed by atoms with Gasteiger partial charge in [0.15, 0.2) is 11.5 Å². The van der Waals surface area contributed by atoms with Gasteiger partial charge in [-0.05, 0) is 57.9 Å². The zero-order valence-corrected chi connectivity index (χ0v) is 19.4. The van der Waals surface area contributed by atoms with E-state index in [1.54, 1.807) is 25.1 Å². The van der Waals surface area contributed by atoms with E-state index in [0.29, 0.717) is 24.5 Å². The molecule has 1 aromatic carbocycles. The van der Waals surface area contributed by atoms with E-state index in [2.05, 4.69) is 31.4 Å². The van der Waals surface area contributed by atoms with Crippen LogP contribution in [0.1, 0.15) is 58.6 Å². The summed E-state index contributed by atoms with van der Waals surface area (Å²) in [6.07, 6.45) is 2.00. The van der Waals surface area contributed by atoms with Gasteiger partial charge in [0.25, 0.3) is 0 Å². The maximum atomic E-state index is 13.3. The minimum Gasteiger partial charge on any atom is -0.493 e. The highest BCUT2D eigenvalue weighted by Gasteiger charge is 2.61. The minimum absolute atomic E-state index is 0.00907. The lowest BCUT2D eigenvalue weighted by atomic mass is 9.52. The summed E-state index contributed by atoms with van der Waals surface area (Å²) in [6.45, 7) is 5.59. The molecule has 2 bridgehead atoms. The summed E-state index contributed by atoms with van der Waals surface area (Å²) in [5.41, 5.74) is -0.0153. The van der Waals surface area contributed by atoms with Crippen molar-refractivity contribution in [2.45, 2.75) is 76.8 Å². The summed E-state index contributed by atoms with van der Waals surface area (Å²) in [5.74, 6) is 0.661. The van der Waals surface area contributed by atoms with Crippen molar-refractivity contribution in [3.8, 4) is 11.5 Å². The number of halogens is 2. The smallest absolute Gasteiger partial charge is 0.387 e. The molecule has 1 saturated carbocycles. The van der Waals surface area contributed by atoms with Gasteiger partial charge in [0, 0.05) is 36.6 Å². The molecule has 3 aliphatic rings. The predicted molar refractivity (Wildman–Crippen MR) is 116 cm³/mol. The van der Waals surface area contributed by atoms with Crippen molar-refractivity contribution in [3.05, 3.63) is 23.8 Å². The maximum absolute atomic E-state index is 13.3. The topological polar surface area (TPSA) is 68.8 Å². The second-order valence-electron chi connectivity index (χ2n) is 10.1.